The van der Waals surface area contributed by atoms with E-state index in [-0.39, 0.29) is 11.5 Å². The predicted octanol–water partition coefficient (Wildman–Crippen LogP) is 2.90. The third-order valence-corrected chi connectivity index (χ3v) is 5.22. The zero-order valence-corrected chi connectivity index (χ0v) is 12.7. The topological polar surface area (TPSA) is 49.8 Å². The first-order valence-electron chi connectivity index (χ1n) is 7.73. The second kappa shape index (κ2) is 6.46. The molecule has 1 heterocycles. The van der Waals surface area contributed by atoms with Crippen molar-refractivity contribution in [3.8, 4) is 0 Å². The Bertz CT molecular complexity index is 368. The van der Waals surface area contributed by atoms with E-state index < -0.39 is 19.1 Å². The lowest BCUT2D eigenvalue weighted by atomic mass is 9.73. The van der Waals surface area contributed by atoms with Crippen LogP contribution in [0.1, 0.15) is 39.5 Å². The van der Waals surface area contributed by atoms with Crippen LogP contribution in [-0.4, -0.2) is 48.3 Å². The number of hydrogen-bond acceptors (Lipinski definition) is 3. The molecule has 122 valence electrons. The third kappa shape index (κ3) is 3.47. The fourth-order valence-electron chi connectivity index (χ4n) is 3.82. The molecule has 21 heavy (non-hydrogen) atoms. The quantitative estimate of drug-likeness (QED) is 0.872. The first kappa shape index (κ1) is 16.5. The van der Waals surface area contributed by atoms with Crippen molar-refractivity contribution < 1.29 is 23.4 Å². The fourth-order valence-corrected chi connectivity index (χ4v) is 3.82. The number of rotatable bonds is 3. The molecule has 0 aromatic carbocycles. The molecule has 2 aliphatic rings. The number of ether oxygens (including phenoxy) is 1. The van der Waals surface area contributed by atoms with Crippen LogP contribution in [-0.2, 0) is 4.74 Å². The zero-order valence-electron chi connectivity index (χ0n) is 12.7. The first-order chi connectivity index (χ1) is 9.85. The van der Waals surface area contributed by atoms with Gasteiger partial charge in [-0.15, -0.1) is 0 Å². The molecule has 0 aromatic heterocycles. The number of piperidine rings is 1. The molecule has 0 bridgehead atoms. The number of hydrogen-bond donors (Lipinski definition) is 1. The summed E-state index contributed by atoms with van der Waals surface area (Å²) in [7, 11) is 0. The van der Waals surface area contributed by atoms with E-state index in [1.807, 2.05) is 0 Å². The van der Waals surface area contributed by atoms with Gasteiger partial charge in [0.25, 0.3) is 6.43 Å². The number of aliphatic hydroxyl groups is 1. The summed E-state index contributed by atoms with van der Waals surface area (Å²) in [5.41, 5.74) is -0.103. The highest BCUT2D eigenvalue weighted by atomic mass is 19.3. The third-order valence-electron chi connectivity index (χ3n) is 5.22. The molecule has 1 spiro atoms. The Morgan fingerprint density at radius 1 is 1.33 bits per heavy atom. The molecule has 1 amide bonds. The Morgan fingerprint density at radius 3 is 2.43 bits per heavy atom. The van der Waals surface area contributed by atoms with Crippen LogP contribution in [0.4, 0.5) is 13.6 Å². The fraction of sp³-hybridized carbons (Fsp3) is 0.933. The molecular weight excluding hydrogens is 280 g/mol. The van der Waals surface area contributed by atoms with E-state index in [9.17, 15) is 18.7 Å². The molecular formula is C15H25F2NO3. The second-order valence-electron chi connectivity index (χ2n) is 6.71. The number of nitrogens with zero attached hydrogens (tertiary/aromatic N) is 1. The van der Waals surface area contributed by atoms with Gasteiger partial charge in [0.15, 0.2) is 6.61 Å². The molecule has 0 aromatic rings. The molecule has 1 saturated heterocycles. The second-order valence-corrected chi connectivity index (χ2v) is 6.71. The lowest BCUT2D eigenvalue weighted by Gasteiger charge is -2.42. The number of carbonyl (C=O) groups is 1. The number of amides is 1. The minimum absolute atomic E-state index is 0.103. The summed E-state index contributed by atoms with van der Waals surface area (Å²) >= 11 is 0. The normalized spacial score (nSPS) is 28.6. The molecule has 2 atom stereocenters. The van der Waals surface area contributed by atoms with E-state index in [0.717, 1.165) is 25.7 Å². The van der Waals surface area contributed by atoms with Gasteiger partial charge in [-0.3, -0.25) is 0 Å². The van der Waals surface area contributed by atoms with Crippen molar-refractivity contribution in [2.24, 2.45) is 17.3 Å². The minimum Gasteiger partial charge on any atom is -0.443 e. The van der Waals surface area contributed by atoms with Gasteiger partial charge >= 0.3 is 6.09 Å². The Kier molecular flexibility index (Phi) is 5.07. The van der Waals surface area contributed by atoms with Crippen LogP contribution in [0.5, 0.6) is 0 Å². The number of likely N-dealkylation sites (tertiary alicyclic amines) is 1. The highest BCUT2D eigenvalue weighted by Gasteiger charge is 2.50. The average molecular weight is 305 g/mol. The Hall–Kier alpha value is -0.910. The summed E-state index contributed by atoms with van der Waals surface area (Å²) in [5, 5.41) is 10.6. The molecule has 2 unspecified atom stereocenters. The van der Waals surface area contributed by atoms with E-state index in [1.165, 1.54) is 4.90 Å². The van der Waals surface area contributed by atoms with Gasteiger partial charge in [-0.25, -0.2) is 13.6 Å². The van der Waals surface area contributed by atoms with E-state index >= 15 is 0 Å². The number of halogens is 2. The molecule has 4 nitrogen and oxygen atoms in total. The van der Waals surface area contributed by atoms with Crippen LogP contribution in [0.15, 0.2) is 0 Å². The molecule has 2 fully saturated rings. The van der Waals surface area contributed by atoms with Gasteiger partial charge in [0.05, 0.1) is 6.10 Å². The largest absolute Gasteiger partial charge is 0.443 e. The van der Waals surface area contributed by atoms with Crippen LogP contribution in [0.3, 0.4) is 0 Å². The van der Waals surface area contributed by atoms with Crippen LogP contribution >= 0.6 is 0 Å². The molecule has 6 heteroatoms. The lowest BCUT2D eigenvalue weighted by Crippen LogP contribution is -2.47. The van der Waals surface area contributed by atoms with Crippen LogP contribution in [0.2, 0.25) is 0 Å². The summed E-state index contributed by atoms with van der Waals surface area (Å²) in [4.78, 5) is 13.1. The first-order valence-corrected chi connectivity index (χ1v) is 7.73. The van der Waals surface area contributed by atoms with Crippen molar-refractivity contribution in [1.82, 2.24) is 4.90 Å². The summed E-state index contributed by atoms with van der Waals surface area (Å²) < 4.78 is 28.6. The van der Waals surface area contributed by atoms with Crippen molar-refractivity contribution in [1.29, 1.82) is 0 Å². The molecule has 2 rings (SSSR count). The van der Waals surface area contributed by atoms with Gasteiger partial charge in [-0.2, -0.15) is 0 Å². The van der Waals surface area contributed by atoms with Crippen molar-refractivity contribution >= 4 is 6.09 Å². The summed E-state index contributed by atoms with van der Waals surface area (Å²) in [5.74, 6) is 0.774. The van der Waals surface area contributed by atoms with Crippen LogP contribution in [0, 0.1) is 17.3 Å². The Balaban J connectivity index is 1.87. The maximum absolute atomic E-state index is 12.0. The van der Waals surface area contributed by atoms with E-state index in [4.69, 9.17) is 0 Å². The van der Waals surface area contributed by atoms with Crippen molar-refractivity contribution in [3.05, 3.63) is 0 Å². The van der Waals surface area contributed by atoms with E-state index in [1.54, 1.807) is 0 Å². The van der Waals surface area contributed by atoms with E-state index in [2.05, 4.69) is 18.6 Å². The van der Waals surface area contributed by atoms with Gasteiger partial charge in [0.1, 0.15) is 0 Å². The maximum atomic E-state index is 12.0. The summed E-state index contributed by atoms with van der Waals surface area (Å²) in [6.07, 6.45) is -0.170. The summed E-state index contributed by atoms with van der Waals surface area (Å²) in [6, 6.07) is 0. The predicted molar refractivity (Wildman–Crippen MR) is 74.2 cm³/mol. The van der Waals surface area contributed by atoms with Gasteiger partial charge in [-0.1, -0.05) is 13.8 Å². The van der Waals surface area contributed by atoms with Crippen molar-refractivity contribution in [2.45, 2.75) is 52.1 Å². The maximum Gasteiger partial charge on any atom is 0.409 e. The number of carbonyl (C=O) groups excluding carboxylic acids is 1. The standard InChI is InChI=1S/C15H25F2NO3/c1-10(2)11-3-4-15(13(11)19)5-7-18(8-6-15)14(20)21-9-12(16)17/h10-13,19H,3-9H2,1-2H3. The Morgan fingerprint density at radius 2 is 1.95 bits per heavy atom. The highest BCUT2D eigenvalue weighted by Crippen LogP contribution is 2.51. The number of alkyl halides is 2. The molecule has 1 N–H and O–H groups in total. The van der Waals surface area contributed by atoms with Gasteiger partial charge in [0.2, 0.25) is 0 Å². The van der Waals surface area contributed by atoms with E-state index in [0.29, 0.717) is 24.9 Å². The Labute approximate surface area is 124 Å². The molecule has 1 aliphatic carbocycles. The monoisotopic (exact) mass is 305 g/mol. The highest BCUT2D eigenvalue weighted by molar-refractivity contribution is 5.67. The SMILES string of the molecule is CC(C)C1CCC2(CCN(C(=O)OCC(F)F)CC2)C1O. The number of aliphatic hydroxyl groups excluding tert-OH is 1. The molecule has 0 radical (unpaired) electrons. The van der Waals surface area contributed by atoms with Crippen molar-refractivity contribution in [3.63, 3.8) is 0 Å². The van der Waals surface area contributed by atoms with Gasteiger partial charge in [-0.05, 0) is 42.9 Å². The smallest absolute Gasteiger partial charge is 0.409 e. The molecule has 1 aliphatic heterocycles. The van der Waals surface area contributed by atoms with Gasteiger partial charge < -0.3 is 14.7 Å². The summed E-state index contributed by atoms with van der Waals surface area (Å²) in [6.45, 7) is 4.36. The lowest BCUT2D eigenvalue weighted by molar-refractivity contribution is -0.0309. The molecule has 1 saturated carbocycles. The van der Waals surface area contributed by atoms with Gasteiger partial charge in [0, 0.05) is 13.1 Å². The van der Waals surface area contributed by atoms with Crippen LogP contribution < -0.4 is 0 Å². The van der Waals surface area contributed by atoms with Crippen LogP contribution in [0.25, 0.3) is 0 Å². The zero-order chi connectivity index (χ0) is 15.6. The van der Waals surface area contributed by atoms with Crippen molar-refractivity contribution in [2.75, 3.05) is 19.7 Å². The average Bonchev–Trinajstić information content (AvgIpc) is 2.74. The minimum atomic E-state index is -2.63.